The minimum atomic E-state index is 0.198. The van der Waals surface area contributed by atoms with E-state index in [1.165, 1.54) is 0 Å². The highest BCUT2D eigenvalue weighted by Gasteiger charge is 2.25. The number of anilines is 2. The van der Waals surface area contributed by atoms with Gasteiger partial charge >= 0.3 is 0 Å². The fourth-order valence-corrected chi connectivity index (χ4v) is 4.71. The molecule has 0 atom stereocenters. The predicted octanol–water partition coefficient (Wildman–Crippen LogP) is 7.06. The molecule has 1 heterocycles. The first kappa shape index (κ1) is 20.7. The van der Waals surface area contributed by atoms with E-state index in [-0.39, 0.29) is 11.6 Å². The topological polar surface area (TPSA) is 37.4 Å². The molecule has 28 heavy (non-hydrogen) atoms. The molecule has 3 rings (SSSR count). The summed E-state index contributed by atoms with van der Waals surface area (Å²) in [6, 6.07) is 12.1. The van der Waals surface area contributed by atoms with Crippen LogP contribution in [0.1, 0.15) is 80.0 Å². The Balaban J connectivity index is 2.01. The average molecular weight is 396 g/mol. The van der Waals surface area contributed by atoms with E-state index >= 15 is 0 Å². The summed E-state index contributed by atoms with van der Waals surface area (Å²) in [5.74, 6) is 0.396. The van der Waals surface area contributed by atoms with Gasteiger partial charge in [0.25, 0.3) is 0 Å². The molecule has 3 nitrogen and oxygen atoms in total. The van der Waals surface area contributed by atoms with Crippen LogP contribution in [0.2, 0.25) is 0 Å². The van der Waals surface area contributed by atoms with E-state index in [2.05, 4.69) is 24.0 Å². The Morgan fingerprint density at radius 3 is 1.71 bits per heavy atom. The molecule has 0 unspecified atom stereocenters. The van der Waals surface area contributed by atoms with Crippen molar-refractivity contribution in [3.05, 3.63) is 47.5 Å². The summed E-state index contributed by atoms with van der Waals surface area (Å²) in [6.07, 6.45) is 5.09. The summed E-state index contributed by atoms with van der Waals surface area (Å²) >= 11 is 1.67. The zero-order chi connectivity index (χ0) is 20.1. The summed E-state index contributed by atoms with van der Waals surface area (Å²) in [5.41, 5.74) is 3.88. The maximum absolute atomic E-state index is 12.4. The summed E-state index contributed by atoms with van der Waals surface area (Å²) in [7, 11) is 0. The third-order valence-electron chi connectivity index (χ3n) is 5.05. The van der Waals surface area contributed by atoms with E-state index in [1.54, 1.807) is 11.8 Å². The lowest BCUT2D eigenvalue weighted by molar-refractivity contribution is 0.0973. The van der Waals surface area contributed by atoms with Gasteiger partial charge in [-0.05, 0) is 55.7 Å². The van der Waals surface area contributed by atoms with Crippen molar-refractivity contribution in [3.8, 4) is 0 Å². The van der Waals surface area contributed by atoms with Gasteiger partial charge in [-0.15, -0.1) is 0 Å². The van der Waals surface area contributed by atoms with Crippen molar-refractivity contribution in [2.45, 2.75) is 69.1 Å². The summed E-state index contributed by atoms with van der Waals surface area (Å²) < 4.78 is 0. The summed E-state index contributed by atoms with van der Waals surface area (Å²) in [5, 5.41) is 0. The number of hydrogen-bond acceptors (Lipinski definition) is 4. The van der Waals surface area contributed by atoms with Crippen molar-refractivity contribution < 1.29 is 9.59 Å². The van der Waals surface area contributed by atoms with Crippen molar-refractivity contribution in [1.29, 1.82) is 0 Å². The largest absolute Gasteiger partial charge is 0.340 e. The van der Waals surface area contributed by atoms with Crippen LogP contribution < -0.4 is 4.90 Å². The molecule has 0 aromatic heterocycles. The number of fused-ring (bicyclic) bond motifs is 2. The Labute approximate surface area is 172 Å². The third-order valence-corrected chi connectivity index (χ3v) is 6.15. The van der Waals surface area contributed by atoms with E-state index in [0.717, 1.165) is 64.5 Å². The number of carbonyl (C=O) groups is 2. The first-order valence-electron chi connectivity index (χ1n) is 10.4. The highest BCUT2D eigenvalue weighted by Crippen LogP contribution is 2.49. The monoisotopic (exact) mass is 395 g/mol. The van der Waals surface area contributed by atoms with Crippen LogP contribution >= 0.6 is 11.8 Å². The zero-order valence-electron chi connectivity index (χ0n) is 17.1. The van der Waals surface area contributed by atoms with Gasteiger partial charge in [0.2, 0.25) is 0 Å². The van der Waals surface area contributed by atoms with Crippen molar-refractivity contribution in [2.75, 3.05) is 11.4 Å². The molecule has 0 aliphatic carbocycles. The Morgan fingerprint density at radius 2 is 1.29 bits per heavy atom. The van der Waals surface area contributed by atoms with Crippen LogP contribution in [0.5, 0.6) is 0 Å². The van der Waals surface area contributed by atoms with Crippen molar-refractivity contribution in [1.82, 2.24) is 0 Å². The second kappa shape index (κ2) is 9.42. The first-order valence-corrected chi connectivity index (χ1v) is 11.2. The highest BCUT2D eigenvalue weighted by atomic mass is 32.2. The number of rotatable bonds is 9. The molecule has 0 saturated carbocycles. The van der Waals surface area contributed by atoms with E-state index < -0.39 is 0 Å². The second-order valence-electron chi connectivity index (χ2n) is 7.32. The Bertz CT molecular complexity index is 807. The smallest absolute Gasteiger partial charge is 0.162 e. The Morgan fingerprint density at radius 1 is 0.786 bits per heavy atom. The molecule has 0 saturated heterocycles. The Kier molecular flexibility index (Phi) is 6.95. The molecule has 4 heteroatoms. The van der Waals surface area contributed by atoms with Crippen LogP contribution in [-0.2, 0) is 0 Å². The van der Waals surface area contributed by atoms with Gasteiger partial charge in [0, 0.05) is 40.3 Å². The molecule has 1 aliphatic heterocycles. The standard InChI is InChI=1S/C24H29NO2S/c1-4-7-14-25-19-12-10-17(21(26)8-5-2)15-23(19)28-24-16-18(11-13-20(24)25)22(27)9-6-3/h10-13,15-16H,4-9,14H2,1-3H3. The molecule has 0 N–H and O–H groups in total. The summed E-state index contributed by atoms with van der Waals surface area (Å²) in [6.45, 7) is 7.19. The van der Waals surface area contributed by atoms with Crippen LogP contribution in [0, 0.1) is 0 Å². The van der Waals surface area contributed by atoms with Crippen molar-refractivity contribution >= 4 is 34.7 Å². The quantitative estimate of drug-likeness (QED) is 0.426. The number of ketones is 2. The third kappa shape index (κ3) is 4.33. The molecule has 0 bridgehead atoms. The fraction of sp³-hybridized carbons (Fsp3) is 0.417. The van der Waals surface area contributed by atoms with Crippen LogP contribution in [-0.4, -0.2) is 18.1 Å². The van der Waals surface area contributed by atoms with Gasteiger partial charge in [0.05, 0.1) is 11.4 Å². The molecule has 2 aromatic carbocycles. The van der Waals surface area contributed by atoms with E-state index in [4.69, 9.17) is 0 Å². The van der Waals surface area contributed by atoms with Crippen LogP contribution in [0.25, 0.3) is 0 Å². The maximum Gasteiger partial charge on any atom is 0.162 e. The molecule has 1 aliphatic rings. The molecular formula is C24H29NO2S. The molecule has 0 radical (unpaired) electrons. The molecule has 148 valence electrons. The van der Waals surface area contributed by atoms with Gasteiger partial charge in [-0.25, -0.2) is 0 Å². The number of benzene rings is 2. The van der Waals surface area contributed by atoms with Crippen LogP contribution in [0.15, 0.2) is 46.2 Å². The number of unbranched alkanes of at least 4 members (excludes halogenated alkanes) is 1. The van der Waals surface area contributed by atoms with Crippen molar-refractivity contribution in [3.63, 3.8) is 0 Å². The number of carbonyl (C=O) groups excluding carboxylic acids is 2. The lowest BCUT2D eigenvalue weighted by atomic mass is 10.0. The van der Waals surface area contributed by atoms with Crippen LogP contribution in [0.3, 0.4) is 0 Å². The first-order chi connectivity index (χ1) is 13.6. The van der Waals surface area contributed by atoms with E-state index in [1.807, 2.05) is 38.1 Å². The van der Waals surface area contributed by atoms with Crippen molar-refractivity contribution in [2.24, 2.45) is 0 Å². The minimum absolute atomic E-state index is 0.198. The SMILES string of the molecule is CCCCN1c2ccc(C(=O)CCC)cc2Sc2cc(C(=O)CCC)ccc21. The predicted molar refractivity (Wildman–Crippen MR) is 117 cm³/mol. The number of hydrogen-bond donors (Lipinski definition) is 0. The zero-order valence-corrected chi connectivity index (χ0v) is 17.9. The van der Waals surface area contributed by atoms with Gasteiger partial charge in [-0.2, -0.15) is 0 Å². The van der Waals surface area contributed by atoms with Gasteiger partial charge in [-0.3, -0.25) is 9.59 Å². The van der Waals surface area contributed by atoms with Gasteiger partial charge < -0.3 is 4.90 Å². The summed E-state index contributed by atoms with van der Waals surface area (Å²) in [4.78, 5) is 29.3. The lowest BCUT2D eigenvalue weighted by Crippen LogP contribution is -2.22. The van der Waals surface area contributed by atoms with Crippen LogP contribution in [0.4, 0.5) is 11.4 Å². The van der Waals surface area contributed by atoms with Gasteiger partial charge in [0.1, 0.15) is 0 Å². The molecular weight excluding hydrogens is 366 g/mol. The van der Waals surface area contributed by atoms with Gasteiger partial charge in [0.15, 0.2) is 11.6 Å². The lowest BCUT2D eigenvalue weighted by Gasteiger charge is -2.33. The second-order valence-corrected chi connectivity index (χ2v) is 8.40. The molecule has 2 aromatic rings. The molecule has 0 spiro atoms. The number of nitrogens with zero attached hydrogens (tertiary/aromatic N) is 1. The van der Waals surface area contributed by atoms with E-state index in [0.29, 0.717) is 12.8 Å². The Hall–Kier alpha value is -2.07. The average Bonchev–Trinajstić information content (AvgIpc) is 2.70. The maximum atomic E-state index is 12.4. The highest BCUT2D eigenvalue weighted by molar-refractivity contribution is 7.99. The number of Topliss-reactive ketones (excluding diaryl/α,β-unsaturated/α-hetero) is 2. The normalized spacial score (nSPS) is 12.5. The van der Waals surface area contributed by atoms with E-state index in [9.17, 15) is 9.59 Å². The molecule has 0 amide bonds. The minimum Gasteiger partial charge on any atom is -0.340 e. The molecule has 0 fully saturated rings. The van der Waals surface area contributed by atoms with Gasteiger partial charge in [-0.1, -0.05) is 39.0 Å². The fourth-order valence-electron chi connectivity index (χ4n) is 3.53.